The molecule has 3 nitrogen and oxygen atoms in total. The first-order chi connectivity index (χ1) is 9.11. The Morgan fingerprint density at radius 3 is 2.53 bits per heavy atom. The van der Waals surface area contributed by atoms with Gasteiger partial charge in [0, 0.05) is 18.8 Å². The van der Waals surface area contributed by atoms with Gasteiger partial charge in [0.25, 0.3) is 0 Å². The summed E-state index contributed by atoms with van der Waals surface area (Å²) in [6, 6.07) is 14.5. The summed E-state index contributed by atoms with van der Waals surface area (Å²) in [4.78, 5) is 0. The largest absolute Gasteiger partial charge is 0.312 e. The van der Waals surface area contributed by atoms with Crippen molar-refractivity contribution in [1.29, 1.82) is 0 Å². The third-order valence-corrected chi connectivity index (χ3v) is 4.88. The number of hydrogen-bond acceptors (Lipinski definition) is 3. The van der Waals surface area contributed by atoms with Gasteiger partial charge in [0.05, 0.1) is 5.75 Å². The zero-order chi connectivity index (χ0) is 13.7. The third-order valence-electron chi connectivity index (χ3n) is 3.17. The Kier molecular flexibility index (Phi) is 4.56. The molecular weight excluding hydrogens is 258 g/mol. The lowest BCUT2D eigenvalue weighted by Gasteiger charge is -2.06. The van der Waals surface area contributed by atoms with E-state index in [2.05, 4.69) is 35.6 Å². The van der Waals surface area contributed by atoms with Crippen LogP contribution in [0.4, 0.5) is 0 Å². The molecule has 0 bridgehead atoms. The summed E-state index contributed by atoms with van der Waals surface area (Å²) in [6.45, 7) is 2.88. The molecule has 2 aromatic carbocycles. The van der Waals surface area contributed by atoms with Gasteiger partial charge in [0.15, 0.2) is 9.84 Å². The maximum atomic E-state index is 11.3. The highest BCUT2D eigenvalue weighted by Gasteiger charge is 2.05. The fraction of sp³-hybridized carbons (Fsp3) is 0.333. The van der Waals surface area contributed by atoms with Crippen molar-refractivity contribution in [1.82, 2.24) is 5.32 Å². The standard InChI is InChI=1S/C15H19NO2S/c1-2-19(17,18)10-9-16-12-13-7-8-14-5-3-4-6-15(14)11-13/h3-8,11,16H,2,9-10,12H2,1H3. The Morgan fingerprint density at radius 1 is 1.05 bits per heavy atom. The van der Waals surface area contributed by atoms with E-state index in [4.69, 9.17) is 0 Å². The summed E-state index contributed by atoms with van der Waals surface area (Å²) in [5.74, 6) is 0.418. The predicted octanol–water partition coefficient (Wildman–Crippen LogP) is 2.36. The monoisotopic (exact) mass is 277 g/mol. The molecule has 0 radical (unpaired) electrons. The van der Waals surface area contributed by atoms with E-state index in [1.807, 2.05) is 12.1 Å². The van der Waals surface area contributed by atoms with Crippen LogP contribution in [0.1, 0.15) is 12.5 Å². The van der Waals surface area contributed by atoms with E-state index in [1.165, 1.54) is 16.3 Å². The smallest absolute Gasteiger partial charge is 0.151 e. The van der Waals surface area contributed by atoms with Crippen molar-refractivity contribution in [2.75, 3.05) is 18.1 Å². The molecule has 102 valence electrons. The van der Waals surface area contributed by atoms with Crippen molar-refractivity contribution < 1.29 is 8.42 Å². The van der Waals surface area contributed by atoms with Crippen molar-refractivity contribution in [2.45, 2.75) is 13.5 Å². The lowest BCUT2D eigenvalue weighted by atomic mass is 10.1. The van der Waals surface area contributed by atoms with Crippen LogP contribution in [-0.4, -0.2) is 26.5 Å². The molecule has 0 unspecified atom stereocenters. The van der Waals surface area contributed by atoms with E-state index in [9.17, 15) is 8.42 Å². The molecule has 4 heteroatoms. The highest BCUT2D eigenvalue weighted by molar-refractivity contribution is 7.91. The number of benzene rings is 2. The number of sulfone groups is 1. The quantitative estimate of drug-likeness (QED) is 0.825. The summed E-state index contributed by atoms with van der Waals surface area (Å²) in [7, 11) is -2.87. The number of hydrogen-bond donors (Lipinski definition) is 1. The highest BCUT2D eigenvalue weighted by atomic mass is 32.2. The number of nitrogens with one attached hydrogen (secondary N) is 1. The summed E-state index contributed by atoms with van der Waals surface area (Å²) in [5.41, 5.74) is 1.17. The SMILES string of the molecule is CCS(=O)(=O)CCNCc1ccc2ccccc2c1. The molecule has 0 amide bonds. The van der Waals surface area contributed by atoms with Crippen LogP contribution in [0.5, 0.6) is 0 Å². The van der Waals surface area contributed by atoms with Crippen molar-refractivity contribution >= 4 is 20.6 Å². The fourth-order valence-corrected chi connectivity index (χ4v) is 2.70. The van der Waals surface area contributed by atoms with Gasteiger partial charge in [-0.15, -0.1) is 0 Å². The minimum atomic E-state index is -2.87. The molecule has 0 heterocycles. The maximum absolute atomic E-state index is 11.3. The fourth-order valence-electron chi connectivity index (χ4n) is 1.95. The average molecular weight is 277 g/mol. The second kappa shape index (κ2) is 6.17. The Balaban J connectivity index is 1.91. The van der Waals surface area contributed by atoms with Crippen LogP contribution < -0.4 is 5.32 Å². The molecule has 2 aromatic rings. The Labute approximate surface area is 114 Å². The molecule has 0 aliphatic rings. The first kappa shape index (κ1) is 14.0. The van der Waals surface area contributed by atoms with E-state index < -0.39 is 9.84 Å². The minimum absolute atomic E-state index is 0.205. The van der Waals surface area contributed by atoms with E-state index in [1.54, 1.807) is 6.92 Å². The van der Waals surface area contributed by atoms with Crippen LogP contribution in [0.15, 0.2) is 42.5 Å². The van der Waals surface area contributed by atoms with Crippen LogP contribution in [-0.2, 0) is 16.4 Å². The number of fused-ring (bicyclic) bond motifs is 1. The first-order valence-electron chi connectivity index (χ1n) is 6.49. The summed E-state index contributed by atoms with van der Waals surface area (Å²) in [5, 5.41) is 5.61. The van der Waals surface area contributed by atoms with E-state index in [0.29, 0.717) is 13.1 Å². The molecular formula is C15H19NO2S. The maximum Gasteiger partial charge on any atom is 0.151 e. The molecule has 0 aliphatic carbocycles. The van der Waals surface area contributed by atoms with Crippen LogP contribution in [0.3, 0.4) is 0 Å². The highest BCUT2D eigenvalue weighted by Crippen LogP contribution is 2.15. The van der Waals surface area contributed by atoms with Gasteiger partial charge in [0.1, 0.15) is 0 Å². The molecule has 19 heavy (non-hydrogen) atoms. The molecule has 0 saturated heterocycles. The van der Waals surface area contributed by atoms with Gasteiger partial charge in [-0.2, -0.15) is 0 Å². The summed E-state index contributed by atoms with van der Waals surface area (Å²) < 4.78 is 22.7. The van der Waals surface area contributed by atoms with Crippen molar-refractivity contribution in [3.8, 4) is 0 Å². The molecule has 0 fully saturated rings. The van der Waals surface area contributed by atoms with Gasteiger partial charge in [-0.3, -0.25) is 0 Å². The van der Waals surface area contributed by atoms with Gasteiger partial charge in [-0.05, 0) is 22.4 Å². The van der Waals surface area contributed by atoms with Crippen molar-refractivity contribution in [2.24, 2.45) is 0 Å². The second-order valence-corrected chi connectivity index (χ2v) is 7.07. The van der Waals surface area contributed by atoms with Crippen molar-refractivity contribution in [3.05, 3.63) is 48.0 Å². The lowest BCUT2D eigenvalue weighted by Crippen LogP contribution is -2.23. The molecule has 0 aromatic heterocycles. The van der Waals surface area contributed by atoms with E-state index >= 15 is 0 Å². The van der Waals surface area contributed by atoms with Crippen molar-refractivity contribution in [3.63, 3.8) is 0 Å². The summed E-state index contributed by atoms with van der Waals surface area (Å²) >= 11 is 0. The van der Waals surface area contributed by atoms with Gasteiger partial charge in [-0.1, -0.05) is 43.3 Å². The molecule has 2 rings (SSSR count). The van der Waals surface area contributed by atoms with Crippen LogP contribution in [0.2, 0.25) is 0 Å². The van der Waals surface area contributed by atoms with Gasteiger partial charge in [-0.25, -0.2) is 8.42 Å². The predicted molar refractivity (Wildman–Crippen MR) is 80.0 cm³/mol. The average Bonchev–Trinajstić information content (AvgIpc) is 2.43. The van der Waals surface area contributed by atoms with E-state index in [0.717, 1.165) is 0 Å². The molecule has 0 saturated carbocycles. The zero-order valence-electron chi connectivity index (χ0n) is 11.1. The Bertz CT molecular complexity index is 650. The van der Waals surface area contributed by atoms with Crippen LogP contribution in [0, 0.1) is 0 Å². The molecule has 1 N–H and O–H groups in total. The molecule has 0 aliphatic heterocycles. The zero-order valence-corrected chi connectivity index (χ0v) is 11.9. The van der Waals surface area contributed by atoms with Gasteiger partial charge < -0.3 is 5.32 Å². The van der Waals surface area contributed by atoms with Gasteiger partial charge in [0.2, 0.25) is 0 Å². The third kappa shape index (κ3) is 4.04. The lowest BCUT2D eigenvalue weighted by molar-refractivity contribution is 0.592. The normalized spacial score (nSPS) is 11.8. The Morgan fingerprint density at radius 2 is 1.79 bits per heavy atom. The molecule has 0 spiro atoms. The minimum Gasteiger partial charge on any atom is -0.312 e. The van der Waals surface area contributed by atoms with Gasteiger partial charge >= 0.3 is 0 Å². The topological polar surface area (TPSA) is 46.2 Å². The Hall–Kier alpha value is -1.39. The number of rotatable bonds is 6. The second-order valence-electron chi connectivity index (χ2n) is 4.59. The van der Waals surface area contributed by atoms with Crippen LogP contribution in [0.25, 0.3) is 10.8 Å². The van der Waals surface area contributed by atoms with Crippen LogP contribution >= 0.6 is 0 Å². The van der Waals surface area contributed by atoms with E-state index in [-0.39, 0.29) is 11.5 Å². The first-order valence-corrected chi connectivity index (χ1v) is 8.32. The summed E-state index contributed by atoms with van der Waals surface area (Å²) in [6.07, 6.45) is 0. The molecule has 0 atom stereocenters.